The number of carboxylic acid groups (broad SMARTS) is 1. The quantitative estimate of drug-likeness (QED) is 0.822. The van der Waals surface area contributed by atoms with E-state index in [0.29, 0.717) is 0 Å². The predicted molar refractivity (Wildman–Crippen MR) is 60.3 cm³/mol. The number of hydrogen-bond acceptors (Lipinski definition) is 4. The van der Waals surface area contributed by atoms with Crippen LogP contribution in [0.4, 0.5) is 0 Å². The molecule has 2 N–H and O–H groups in total. The molecule has 0 fully saturated rings. The molecule has 9 heteroatoms. The summed E-state index contributed by atoms with van der Waals surface area (Å²) in [5, 5.41) is 12.2. The highest BCUT2D eigenvalue weighted by atomic mass is 35.5. The summed E-state index contributed by atoms with van der Waals surface area (Å²) >= 11 is 5.69. The lowest BCUT2D eigenvalue weighted by Gasteiger charge is -2.20. The van der Waals surface area contributed by atoms with Crippen LogP contribution in [0.2, 0.25) is 5.02 Å². The molecule has 1 rings (SSSR count). The smallest absolute Gasteiger partial charge is 0.324 e. The van der Waals surface area contributed by atoms with E-state index in [1.54, 1.807) is 0 Å². The van der Waals surface area contributed by atoms with Crippen LogP contribution in [-0.2, 0) is 21.9 Å². The van der Waals surface area contributed by atoms with Gasteiger partial charge in [-0.25, -0.2) is 8.42 Å². The number of nitrogens with one attached hydrogen (secondary N) is 1. The average molecular weight is 282 g/mol. The molecule has 0 aliphatic carbocycles. The van der Waals surface area contributed by atoms with Gasteiger partial charge in [0.25, 0.3) is 10.0 Å². The van der Waals surface area contributed by atoms with E-state index in [4.69, 9.17) is 16.7 Å². The number of sulfonamides is 1. The van der Waals surface area contributed by atoms with Crippen LogP contribution in [0.5, 0.6) is 0 Å². The molecular weight excluding hydrogens is 270 g/mol. The number of aliphatic carboxylic acids is 1. The highest BCUT2D eigenvalue weighted by Gasteiger charge is 2.35. The maximum absolute atomic E-state index is 11.9. The molecule has 7 nitrogen and oxygen atoms in total. The zero-order valence-electron chi connectivity index (χ0n) is 9.43. The van der Waals surface area contributed by atoms with E-state index >= 15 is 0 Å². The van der Waals surface area contributed by atoms with Gasteiger partial charge in [-0.2, -0.15) is 9.82 Å². The van der Waals surface area contributed by atoms with E-state index in [0.717, 1.165) is 4.68 Å². The molecular formula is C8H12ClN3O4S. The Morgan fingerprint density at radius 2 is 2.12 bits per heavy atom. The lowest BCUT2D eigenvalue weighted by Crippen LogP contribution is -2.49. The first-order valence-electron chi connectivity index (χ1n) is 4.53. The van der Waals surface area contributed by atoms with Crippen LogP contribution in [0, 0.1) is 0 Å². The highest BCUT2D eigenvalue weighted by Crippen LogP contribution is 2.21. The Kier molecular flexibility index (Phi) is 3.51. The molecule has 0 atom stereocenters. The number of carboxylic acids is 1. The van der Waals surface area contributed by atoms with Crippen molar-refractivity contribution in [1.29, 1.82) is 0 Å². The highest BCUT2D eigenvalue weighted by molar-refractivity contribution is 7.89. The molecule has 0 unspecified atom stereocenters. The molecule has 0 saturated heterocycles. The van der Waals surface area contributed by atoms with Crippen molar-refractivity contribution in [3.63, 3.8) is 0 Å². The first-order chi connectivity index (χ1) is 7.58. The van der Waals surface area contributed by atoms with Gasteiger partial charge in [0, 0.05) is 7.05 Å². The molecule has 17 heavy (non-hydrogen) atoms. The van der Waals surface area contributed by atoms with Crippen LogP contribution in [0.25, 0.3) is 0 Å². The van der Waals surface area contributed by atoms with Gasteiger partial charge in [-0.1, -0.05) is 11.6 Å². The maximum Gasteiger partial charge on any atom is 0.324 e. The van der Waals surface area contributed by atoms with E-state index < -0.39 is 21.5 Å². The minimum Gasteiger partial charge on any atom is -0.480 e. The lowest BCUT2D eigenvalue weighted by molar-refractivity contribution is -0.142. The van der Waals surface area contributed by atoms with Crippen LogP contribution < -0.4 is 4.72 Å². The molecule has 0 radical (unpaired) electrons. The Hall–Kier alpha value is -1.12. The second-order valence-corrected chi connectivity index (χ2v) is 5.96. The third-order valence-corrected chi connectivity index (χ3v) is 4.18. The van der Waals surface area contributed by atoms with Gasteiger partial charge < -0.3 is 5.11 Å². The molecule has 1 aromatic heterocycles. The predicted octanol–water partition coefficient (Wildman–Crippen LogP) is 0.215. The standard InChI is InChI=1S/C8H12ClN3O4S/c1-8(2,7(13)14)11-17(15,16)6-5(9)4-10-12(6)3/h4,11H,1-3H3,(H,13,14). The summed E-state index contributed by atoms with van der Waals surface area (Å²) in [4.78, 5) is 10.9. The van der Waals surface area contributed by atoms with Crippen molar-refractivity contribution in [2.45, 2.75) is 24.4 Å². The number of halogens is 1. The largest absolute Gasteiger partial charge is 0.480 e. The van der Waals surface area contributed by atoms with E-state index in [9.17, 15) is 13.2 Å². The van der Waals surface area contributed by atoms with Gasteiger partial charge >= 0.3 is 5.97 Å². The number of carbonyl (C=O) groups is 1. The fraction of sp³-hybridized carbons (Fsp3) is 0.500. The van der Waals surface area contributed by atoms with Gasteiger partial charge in [-0.05, 0) is 13.8 Å². The van der Waals surface area contributed by atoms with Crippen LogP contribution in [-0.4, -0.2) is 34.8 Å². The molecule has 0 aliphatic rings. The second-order valence-electron chi connectivity index (χ2n) is 3.96. The van der Waals surface area contributed by atoms with Crippen molar-refractivity contribution < 1.29 is 18.3 Å². The van der Waals surface area contributed by atoms with Crippen LogP contribution in [0.15, 0.2) is 11.2 Å². The van der Waals surface area contributed by atoms with Gasteiger partial charge in [-0.3, -0.25) is 9.48 Å². The first-order valence-corrected chi connectivity index (χ1v) is 6.39. The lowest BCUT2D eigenvalue weighted by atomic mass is 10.1. The monoisotopic (exact) mass is 281 g/mol. The van der Waals surface area contributed by atoms with Crippen molar-refractivity contribution in [2.75, 3.05) is 0 Å². The summed E-state index contributed by atoms with van der Waals surface area (Å²) in [7, 11) is -2.65. The molecule has 1 aromatic rings. The molecule has 96 valence electrons. The first kappa shape index (κ1) is 13.9. The SMILES string of the molecule is Cn1ncc(Cl)c1S(=O)(=O)NC(C)(C)C(=O)O. The number of rotatable bonds is 4. The van der Waals surface area contributed by atoms with Crippen molar-refractivity contribution in [3.05, 3.63) is 11.2 Å². The van der Waals surface area contributed by atoms with Gasteiger partial charge in [0.2, 0.25) is 0 Å². The topological polar surface area (TPSA) is 101 Å². The van der Waals surface area contributed by atoms with Crippen LogP contribution >= 0.6 is 11.6 Å². The fourth-order valence-corrected chi connectivity index (χ4v) is 3.16. The Morgan fingerprint density at radius 1 is 1.59 bits per heavy atom. The minimum absolute atomic E-state index is 0.0683. The van der Waals surface area contributed by atoms with Crippen LogP contribution in [0.1, 0.15) is 13.8 Å². The van der Waals surface area contributed by atoms with Crippen molar-refractivity contribution in [1.82, 2.24) is 14.5 Å². The summed E-state index contributed by atoms with van der Waals surface area (Å²) in [6.45, 7) is 2.47. The van der Waals surface area contributed by atoms with E-state index in [-0.39, 0.29) is 10.0 Å². The zero-order valence-corrected chi connectivity index (χ0v) is 11.0. The molecule has 1 heterocycles. The molecule has 0 bridgehead atoms. The average Bonchev–Trinajstić information content (AvgIpc) is 2.44. The minimum atomic E-state index is -4.04. The number of hydrogen-bond donors (Lipinski definition) is 2. The van der Waals surface area contributed by atoms with Crippen molar-refractivity contribution in [3.8, 4) is 0 Å². The van der Waals surface area contributed by atoms with Crippen LogP contribution in [0.3, 0.4) is 0 Å². The third-order valence-electron chi connectivity index (χ3n) is 2.02. The zero-order chi connectivity index (χ0) is 13.4. The summed E-state index contributed by atoms with van der Waals surface area (Å²) in [6, 6.07) is 0. The molecule has 0 amide bonds. The van der Waals surface area contributed by atoms with Crippen molar-refractivity contribution in [2.24, 2.45) is 7.05 Å². The van der Waals surface area contributed by atoms with Gasteiger partial charge in [0.15, 0.2) is 5.03 Å². The summed E-state index contributed by atoms with van der Waals surface area (Å²) in [5.74, 6) is -1.29. The molecule has 0 aromatic carbocycles. The summed E-state index contributed by atoms with van der Waals surface area (Å²) < 4.78 is 27.0. The Bertz CT molecular complexity index is 530. The Morgan fingerprint density at radius 3 is 2.47 bits per heavy atom. The summed E-state index contributed by atoms with van der Waals surface area (Å²) in [5.41, 5.74) is -1.63. The summed E-state index contributed by atoms with van der Waals surface area (Å²) in [6.07, 6.45) is 1.17. The number of aryl methyl sites for hydroxylation is 1. The van der Waals surface area contributed by atoms with Gasteiger partial charge in [0.1, 0.15) is 5.54 Å². The second kappa shape index (κ2) is 4.28. The number of aromatic nitrogens is 2. The van der Waals surface area contributed by atoms with Gasteiger partial charge in [-0.15, -0.1) is 0 Å². The maximum atomic E-state index is 11.9. The third kappa shape index (κ3) is 2.76. The normalized spacial score (nSPS) is 12.7. The van der Waals surface area contributed by atoms with Gasteiger partial charge in [0.05, 0.1) is 11.2 Å². The number of nitrogens with zero attached hydrogens (tertiary/aromatic N) is 2. The molecule has 0 saturated carbocycles. The Balaban J connectivity index is 3.19. The van der Waals surface area contributed by atoms with Crippen molar-refractivity contribution >= 4 is 27.6 Å². The van der Waals surface area contributed by atoms with E-state index in [1.807, 2.05) is 4.72 Å². The van der Waals surface area contributed by atoms with E-state index in [1.165, 1.54) is 27.1 Å². The van der Waals surface area contributed by atoms with E-state index in [2.05, 4.69) is 5.10 Å². The molecule has 0 spiro atoms. The Labute approximate surface area is 103 Å². The fourth-order valence-electron chi connectivity index (χ4n) is 1.13. The molecule has 0 aliphatic heterocycles.